The Morgan fingerprint density at radius 2 is 1.03 bits per heavy atom. The third kappa shape index (κ3) is 16.2. The first-order valence-electron chi connectivity index (χ1n) is 20.5. The van der Waals surface area contributed by atoms with E-state index < -0.39 is 22.1 Å². The highest BCUT2D eigenvalue weighted by Gasteiger charge is 2.17. The molecule has 0 spiro atoms. The summed E-state index contributed by atoms with van der Waals surface area (Å²) in [6.45, 7) is 12.9. The number of carbonyl (C=O) groups is 2. The smallest absolute Gasteiger partial charge is 0.343 e. The van der Waals surface area contributed by atoms with Gasteiger partial charge in [0, 0.05) is 26.2 Å². The Bertz CT molecular complexity index is 2170. The van der Waals surface area contributed by atoms with Crippen LogP contribution in [0.5, 0.6) is 23.0 Å². The average molecular weight is 839 g/mol. The van der Waals surface area contributed by atoms with Crippen LogP contribution in [0, 0.1) is 20.8 Å². The Morgan fingerprint density at radius 3 is 1.48 bits per heavy atom. The lowest BCUT2D eigenvalue weighted by Gasteiger charge is -2.14. The van der Waals surface area contributed by atoms with E-state index in [4.69, 9.17) is 18.9 Å². The number of nitrogens with zero attached hydrogens (tertiary/aromatic N) is 1. The number of benzene rings is 5. The minimum absolute atomic E-state index is 0.178. The van der Waals surface area contributed by atoms with Crippen molar-refractivity contribution in [1.82, 2.24) is 0 Å². The third-order valence-electron chi connectivity index (χ3n) is 9.46. The topological polar surface area (TPSA) is 132 Å². The van der Waals surface area contributed by atoms with Crippen molar-refractivity contribution >= 4 is 27.7 Å². The summed E-state index contributed by atoms with van der Waals surface area (Å²) >= 11 is 0. The van der Waals surface area contributed by atoms with Crippen molar-refractivity contribution in [2.75, 3.05) is 32.2 Å². The number of rotatable bonds is 18. The van der Waals surface area contributed by atoms with Crippen LogP contribution in [-0.2, 0) is 16.5 Å². The first kappa shape index (κ1) is 48.7. The SMILES string of the molecule is CC.CCCCCCCCOc1ccc(C(=O)Oc2ccc(OC(=O)c3ccc(OCCc4ccc(N(C)C)cc4)cc3)c(C)c2C)cc1.Cc1ccc(S(=O)(=O)[O-])cc1. The molecule has 0 aliphatic rings. The van der Waals surface area contributed by atoms with Crippen LogP contribution in [0.25, 0.3) is 0 Å². The van der Waals surface area contributed by atoms with E-state index in [0.29, 0.717) is 52.7 Å². The number of esters is 2. The average Bonchev–Trinajstić information content (AvgIpc) is 3.24. The number of anilines is 1. The van der Waals surface area contributed by atoms with Gasteiger partial charge in [0.2, 0.25) is 0 Å². The summed E-state index contributed by atoms with van der Waals surface area (Å²) in [4.78, 5) is 27.7. The van der Waals surface area contributed by atoms with Crippen LogP contribution >= 0.6 is 0 Å². The lowest BCUT2D eigenvalue weighted by atomic mass is 10.1. The highest BCUT2D eigenvalue weighted by Crippen LogP contribution is 2.31. The van der Waals surface area contributed by atoms with Gasteiger partial charge in [0.25, 0.3) is 0 Å². The molecule has 0 fully saturated rings. The normalized spacial score (nSPS) is 10.6. The minimum atomic E-state index is -4.27. The maximum Gasteiger partial charge on any atom is 0.343 e. The molecule has 60 heavy (non-hydrogen) atoms. The molecule has 0 atom stereocenters. The second-order valence-electron chi connectivity index (χ2n) is 14.2. The molecule has 0 aliphatic carbocycles. The molecule has 0 aliphatic heterocycles. The number of unbranched alkanes of at least 4 members (excludes halogenated alkanes) is 5. The fraction of sp³-hybridized carbons (Fsp3) is 0.347. The zero-order valence-electron chi connectivity index (χ0n) is 36.3. The molecule has 0 heterocycles. The fourth-order valence-electron chi connectivity index (χ4n) is 5.71. The van der Waals surface area contributed by atoms with E-state index in [1.54, 1.807) is 72.8 Å². The van der Waals surface area contributed by atoms with Gasteiger partial charge in [0.05, 0.1) is 29.2 Å². The molecule has 0 bridgehead atoms. The molecule has 0 aromatic heterocycles. The lowest BCUT2D eigenvalue weighted by Crippen LogP contribution is -2.12. The van der Waals surface area contributed by atoms with E-state index >= 15 is 0 Å². The van der Waals surface area contributed by atoms with E-state index in [2.05, 4.69) is 36.1 Å². The van der Waals surface area contributed by atoms with Crippen molar-refractivity contribution in [3.05, 3.63) is 143 Å². The van der Waals surface area contributed by atoms with Gasteiger partial charge >= 0.3 is 11.9 Å². The van der Waals surface area contributed by atoms with Crippen molar-refractivity contribution < 1.29 is 41.5 Å². The van der Waals surface area contributed by atoms with Gasteiger partial charge in [-0.3, -0.25) is 0 Å². The summed E-state index contributed by atoms with van der Waals surface area (Å²) in [5.74, 6) is 1.27. The van der Waals surface area contributed by atoms with Gasteiger partial charge < -0.3 is 28.4 Å². The predicted octanol–water partition coefficient (Wildman–Crippen LogP) is 11.1. The van der Waals surface area contributed by atoms with Crippen molar-refractivity contribution in [2.45, 2.75) is 91.4 Å². The van der Waals surface area contributed by atoms with Crippen molar-refractivity contribution in [2.24, 2.45) is 0 Å². The van der Waals surface area contributed by atoms with Crippen molar-refractivity contribution in [3.63, 3.8) is 0 Å². The fourth-order valence-corrected chi connectivity index (χ4v) is 6.18. The minimum Gasteiger partial charge on any atom is -0.744 e. The van der Waals surface area contributed by atoms with Gasteiger partial charge in [-0.25, -0.2) is 18.0 Å². The first-order chi connectivity index (χ1) is 28.7. The van der Waals surface area contributed by atoms with Gasteiger partial charge in [-0.05, 0) is 129 Å². The second-order valence-corrected chi connectivity index (χ2v) is 15.6. The predicted molar refractivity (Wildman–Crippen MR) is 238 cm³/mol. The summed E-state index contributed by atoms with van der Waals surface area (Å²) in [6, 6.07) is 31.3. The van der Waals surface area contributed by atoms with Crippen LogP contribution in [0.4, 0.5) is 5.69 Å². The Balaban J connectivity index is 0.000000634. The van der Waals surface area contributed by atoms with Crippen LogP contribution < -0.4 is 23.8 Å². The Morgan fingerprint density at radius 1 is 0.583 bits per heavy atom. The van der Waals surface area contributed by atoms with Gasteiger partial charge in [-0.2, -0.15) is 0 Å². The molecule has 0 saturated carbocycles. The molecule has 322 valence electrons. The van der Waals surface area contributed by atoms with Crippen LogP contribution in [0.3, 0.4) is 0 Å². The van der Waals surface area contributed by atoms with E-state index in [-0.39, 0.29) is 4.90 Å². The monoisotopic (exact) mass is 838 g/mol. The molecule has 0 N–H and O–H groups in total. The van der Waals surface area contributed by atoms with E-state index in [9.17, 15) is 22.6 Å². The van der Waals surface area contributed by atoms with Crippen LogP contribution in [-0.4, -0.2) is 52.2 Å². The molecule has 0 unspecified atom stereocenters. The van der Waals surface area contributed by atoms with Gasteiger partial charge in [-0.15, -0.1) is 0 Å². The molecule has 5 rings (SSSR count). The second kappa shape index (κ2) is 25.1. The number of ether oxygens (including phenoxy) is 4. The Hall–Kier alpha value is -5.65. The largest absolute Gasteiger partial charge is 0.744 e. The van der Waals surface area contributed by atoms with E-state index in [0.717, 1.165) is 36.3 Å². The van der Waals surface area contributed by atoms with Gasteiger partial charge in [0.15, 0.2) is 0 Å². The summed E-state index contributed by atoms with van der Waals surface area (Å²) in [6.07, 6.45) is 8.01. The first-order valence-corrected chi connectivity index (χ1v) is 21.9. The number of aryl methyl sites for hydroxylation is 1. The zero-order valence-corrected chi connectivity index (χ0v) is 37.1. The summed E-state index contributed by atoms with van der Waals surface area (Å²) in [5, 5.41) is 0. The Labute approximate surface area is 357 Å². The van der Waals surface area contributed by atoms with Crippen LogP contribution in [0.15, 0.2) is 114 Å². The van der Waals surface area contributed by atoms with E-state index in [1.807, 2.05) is 48.7 Å². The molecule has 0 saturated heterocycles. The molecule has 10 nitrogen and oxygen atoms in total. The quantitative estimate of drug-likeness (QED) is 0.0363. The maximum atomic E-state index is 12.9. The van der Waals surface area contributed by atoms with E-state index in [1.165, 1.54) is 43.4 Å². The lowest BCUT2D eigenvalue weighted by molar-refractivity contribution is 0.0717. The van der Waals surface area contributed by atoms with Crippen molar-refractivity contribution in [3.8, 4) is 23.0 Å². The molecule has 11 heteroatoms. The van der Waals surface area contributed by atoms with Gasteiger partial charge in [-0.1, -0.05) is 82.7 Å². The van der Waals surface area contributed by atoms with Crippen LogP contribution in [0.2, 0.25) is 0 Å². The van der Waals surface area contributed by atoms with Crippen molar-refractivity contribution in [1.29, 1.82) is 0 Å². The molecule has 5 aromatic carbocycles. The molecular weight excluding hydrogens is 779 g/mol. The standard InChI is InChI=1S/C40H47NO6.C7H8O3S.C2H6/c1-6-7-8-9-10-11-27-44-35-20-14-32(15-21-35)39(42)46-37-24-25-38(30(3)29(37)2)47-40(43)33-16-22-36(23-17-33)45-28-26-31-12-18-34(19-13-31)41(4)5;1-6-2-4-7(5-3-6)11(8,9)10;1-2/h12-25H,6-11,26-28H2,1-5H3;2-5H,1H3,(H,8,9,10);1-2H3/p-1. The highest BCUT2D eigenvalue weighted by atomic mass is 32.2. The molecule has 0 radical (unpaired) electrons. The maximum absolute atomic E-state index is 12.9. The number of hydrogen-bond donors (Lipinski definition) is 0. The number of carbonyl (C=O) groups excluding carboxylic acids is 2. The molecule has 5 aromatic rings. The Kier molecular flexibility index (Phi) is 20.4. The summed E-state index contributed by atoms with van der Waals surface area (Å²) in [5.41, 5.74) is 5.53. The number of hydrogen-bond acceptors (Lipinski definition) is 10. The zero-order chi connectivity index (χ0) is 44.1. The molecule has 0 amide bonds. The summed E-state index contributed by atoms with van der Waals surface area (Å²) in [7, 11) is -0.234. The summed E-state index contributed by atoms with van der Waals surface area (Å²) < 4.78 is 54.3. The third-order valence-corrected chi connectivity index (χ3v) is 10.3. The molecular formula is C49H60NO9S-. The van der Waals surface area contributed by atoms with Gasteiger partial charge in [0.1, 0.15) is 33.1 Å². The highest BCUT2D eigenvalue weighted by molar-refractivity contribution is 7.85. The van der Waals surface area contributed by atoms with Crippen LogP contribution in [0.1, 0.15) is 102 Å².